The summed E-state index contributed by atoms with van der Waals surface area (Å²) in [4.78, 5) is 0. The van der Waals surface area contributed by atoms with E-state index in [-0.39, 0.29) is 12.0 Å². The lowest BCUT2D eigenvalue weighted by molar-refractivity contribution is 0.548. The van der Waals surface area contributed by atoms with Crippen LogP contribution in [0.4, 0.5) is 13.2 Å². The summed E-state index contributed by atoms with van der Waals surface area (Å²) in [6, 6.07) is 11.7. The first-order chi connectivity index (χ1) is 11.6. The molecule has 0 saturated heterocycles. The van der Waals surface area contributed by atoms with Crippen molar-refractivity contribution < 1.29 is 13.2 Å². The second-order valence-electron chi connectivity index (χ2n) is 5.96. The fourth-order valence-electron chi connectivity index (χ4n) is 2.62. The molecule has 0 aliphatic rings. The predicted molar refractivity (Wildman–Crippen MR) is 94.5 cm³/mol. The molecular formula is C21H23F3. The zero-order chi connectivity index (χ0) is 17.5. The number of allylic oxidation sites excluding steroid dienone is 1. The van der Waals surface area contributed by atoms with Crippen molar-refractivity contribution in [2.24, 2.45) is 0 Å². The molecule has 0 saturated carbocycles. The molecule has 0 radical (unpaired) electrons. The number of hydrogen-bond acceptors (Lipinski definition) is 0. The number of hydrogen-bond donors (Lipinski definition) is 0. The van der Waals surface area contributed by atoms with Gasteiger partial charge in [-0.3, -0.25) is 0 Å². The van der Waals surface area contributed by atoms with Gasteiger partial charge in [0.2, 0.25) is 0 Å². The van der Waals surface area contributed by atoms with Gasteiger partial charge >= 0.3 is 0 Å². The van der Waals surface area contributed by atoms with Gasteiger partial charge in [-0.25, -0.2) is 13.2 Å². The topological polar surface area (TPSA) is 0 Å². The molecule has 0 atom stereocenters. The van der Waals surface area contributed by atoms with Gasteiger partial charge in [0, 0.05) is 17.5 Å². The average Bonchev–Trinajstić information content (AvgIpc) is 2.60. The Morgan fingerprint density at radius 2 is 1.62 bits per heavy atom. The third kappa shape index (κ3) is 4.50. The second kappa shape index (κ2) is 8.72. The first-order valence-electron chi connectivity index (χ1n) is 8.50. The van der Waals surface area contributed by atoms with Gasteiger partial charge in [0.1, 0.15) is 11.6 Å². The highest BCUT2D eigenvalue weighted by atomic mass is 19.2. The average molecular weight is 332 g/mol. The maximum atomic E-state index is 14.3. The Hall–Kier alpha value is -2.03. The highest BCUT2D eigenvalue weighted by Crippen LogP contribution is 2.30. The van der Waals surface area contributed by atoms with Gasteiger partial charge < -0.3 is 0 Å². The largest absolute Gasteiger partial charge is 0.209 e. The van der Waals surface area contributed by atoms with Crippen LogP contribution in [0.15, 0.2) is 48.3 Å². The van der Waals surface area contributed by atoms with Crippen molar-refractivity contribution in [2.45, 2.75) is 46.0 Å². The maximum Gasteiger partial charge on any atom is 0.161 e. The van der Waals surface area contributed by atoms with Crippen molar-refractivity contribution in [3.8, 4) is 11.1 Å². The minimum atomic E-state index is -0.966. The molecule has 3 heteroatoms. The highest BCUT2D eigenvalue weighted by Gasteiger charge is 2.12. The van der Waals surface area contributed by atoms with Crippen LogP contribution < -0.4 is 0 Å². The van der Waals surface area contributed by atoms with Crippen LogP contribution in [0.2, 0.25) is 0 Å². The van der Waals surface area contributed by atoms with E-state index >= 15 is 0 Å². The van der Waals surface area contributed by atoms with Crippen molar-refractivity contribution in [1.29, 1.82) is 0 Å². The van der Waals surface area contributed by atoms with Crippen molar-refractivity contribution in [1.82, 2.24) is 0 Å². The molecule has 2 rings (SSSR count). The fourth-order valence-corrected chi connectivity index (χ4v) is 2.62. The zero-order valence-electron chi connectivity index (χ0n) is 14.2. The molecule has 0 nitrogen and oxygen atoms in total. The Morgan fingerprint density at radius 1 is 0.917 bits per heavy atom. The lowest BCUT2D eigenvalue weighted by atomic mass is 10.00. The summed E-state index contributed by atoms with van der Waals surface area (Å²) in [7, 11) is 0. The molecule has 0 aliphatic carbocycles. The molecule has 24 heavy (non-hydrogen) atoms. The van der Waals surface area contributed by atoms with Crippen LogP contribution in [0, 0.1) is 5.82 Å². The Morgan fingerprint density at radius 3 is 2.21 bits per heavy atom. The van der Waals surface area contributed by atoms with Crippen LogP contribution in [0.5, 0.6) is 0 Å². The summed E-state index contributed by atoms with van der Waals surface area (Å²) >= 11 is 0. The summed E-state index contributed by atoms with van der Waals surface area (Å²) in [6.07, 6.45) is 3.43. The third-order valence-corrected chi connectivity index (χ3v) is 4.01. The minimum absolute atomic E-state index is 0.0462. The van der Waals surface area contributed by atoms with E-state index in [1.807, 2.05) is 31.2 Å². The second-order valence-corrected chi connectivity index (χ2v) is 5.96. The molecule has 0 heterocycles. The predicted octanol–water partition coefficient (Wildman–Crippen LogP) is 7.24. The lowest BCUT2D eigenvalue weighted by Gasteiger charge is -2.08. The molecule has 128 valence electrons. The molecule has 0 aromatic heterocycles. The van der Waals surface area contributed by atoms with Crippen molar-refractivity contribution in [3.63, 3.8) is 0 Å². The summed E-state index contributed by atoms with van der Waals surface area (Å²) in [5.74, 6) is -2.32. The van der Waals surface area contributed by atoms with Crippen LogP contribution >= 0.6 is 0 Å². The molecule has 0 fully saturated rings. The molecule has 0 amide bonds. The first kappa shape index (κ1) is 18.3. The van der Waals surface area contributed by atoms with Crippen LogP contribution in [0.25, 0.3) is 17.0 Å². The Kier molecular flexibility index (Phi) is 6.65. The van der Waals surface area contributed by atoms with Crippen molar-refractivity contribution in [2.75, 3.05) is 0 Å². The fraction of sp³-hybridized carbons (Fsp3) is 0.333. The Labute approximate surface area is 142 Å². The Balaban J connectivity index is 2.26. The maximum absolute atomic E-state index is 14.3. The van der Waals surface area contributed by atoms with Gasteiger partial charge in [-0.15, -0.1) is 0 Å². The molecule has 0 N–H and O–H groups in total. The monoisotopic (exact) mass is 332 g/mol. The molecular weight excluding hydrogens is 309 g/mol. The molecule has 0 aliphatic heterocycles. The van der Waals surface area contributed by atoms with Crippen LogP contribution in [-0.2, 0) is 6.42 Å². The number of halogens is 3. The van der Waals surface area contributed by atoms with Gasteiger partial charge in [-0.1, -0.05) is 63.1 Å². The van der Waals surface area contributed by atoms with E-state index in [4.69, 9.17) is 0 Å². The summed E-state index contributed by atoms with van der Waals surface area (Å²) < 4.78 is 42.1. The zero-order valence-corrected chi connectivity index (χ0v) is 14.2. The molecule has 2 aromatic rings. The van der Waals surface area contributed by atoms with Crippen LogP contribution in [0.1, 0.15) is 50.7 Å². The van der Waals surface area contributed by atoms with E-state index in [1.165, 1.54) is 17.7 Å². The van der Waals surface area contributed by atoms with E-state index in [9.17, 15) is 13.2 Å². The van der Waals surface area contributed by atoms with Gasteiger partial charge in [-0.2, -0.15) is 0 Å². The van der Waals surface area contributed by atoms with E-state index in [0.717, 1.165) is 30.9 Å². The molecule has 0 unspecified atom stereocenters. The van der Waals surface area contributed by atoms with Crippen molar-refractivity contribution in [3.05, 3.63) is 65.2 Å². The highest BCUT2D eigenvalue weighted by molar-refractivity contribution is 5.69. The van der Waals surface area contributed by atoms with Crippen molar-refractivity contribution >= 4 is 5.83 Å². The first-order valence-corrected chi connectivity index (χ1v) is 8.50. The van der Waals surface area contributed by atoms with Crippen LogP contribution in [0.3, 0.4) is 0 Å². The number of aryl methyl sites for hydroxylation is 1. The number of rotatable bonds is 7. The van der Waals surface area contributed by atoms with E-state index in [0.29, 0.717) is 12.0 Å². The molecule has 0 bridgehead atoms. The normalized spacial score (nSPS) is 12.2. The summed E-state index contributed by atoms with van der Waals surface area (Å²) in [6.45, 7) is 4.01. The van der Waals surface area contributed by atoms with Gasteiger partial charge in [0.05, 0.1) is 0 Å². The van der Waals surface area contributed by atoms with Gasteiger partial charge in [-0.05, 0) is 30.0 Å². The summed E-state index contributed by atoms with van der Waals surface area (Å²) in [5.41, 5.74) is 2.27. The number of benzene rings is 2. The Bertz CT molecular complexity index is 700. The lowest BCUT2D eigenvalue weighted by Crippen LogP contribution is -1.90. The van der Waals surface area contributed by atoms with E-state index in [2.05, 4.69) is 6.92 Å². The number of unbranched alkanes of at least 4 members (excludes halogenated alkanes) is 1. The third-order valence-electron chi connectivity index (χ3n) is 4.01. The minimum Gasteiger partial charge on any atom is -0.209 e. The standard InChI is InChI=1S/C21H23F3/c1-3-5-7-19(22)21(24)17-12-13-18(20(23)14-17)16-10-8-15(6-4-2)9-11-16/h8-14H,3-7H2,1-2H3/b21-19-. The van der Waals surface area contributed by atoms with E-state index < -0.39 is 17.5 Å². The summed E-state index contributed by atoms with van der Waals surface area (Å²) in [5, 5.41) is 0. The quantitative estimate of drug-likeness (QED) is 0.501. The van der Waals surface area contributed by atoms with E-state index in [1.54, 1.807) is 0 Å². The van der Waals surface area contributed by atoms with Gasteiger partial charge in [0.25, 0.3) is 0 Å². The van der Waals surface area contributed by atoms with Crippen LogP contribution in [-0.4, -0.2) is 0 Å². The smallest absolute Gasteiger partial charge is 0.161 e. The molecule has 0 spiro atoms. The SMILES string of the molecule is CCCC/C(F)=C(/F)c1ccc(-c2ccc(CCC)cc2)c(F)c1. The van der Waals surface area contributed by atoms with Gasteiger partial charge in [0.15, 0.2) is 5.83 Å². The molecule has 2 aromatic carbocycles.